The van der Waals surface area contributed by atoms with Crippen LogP contribution in [-0.4, -0.2) is 43.5 Å². The highest BCUT2D eigenvalue weighted by atomic mass is 16.2. The van der Waals surface area contributed by atoms with Crippen LogP contribution in [0.1, 0.15) is 12.0 Å². The number of amides is 1. The van der Waals surface area contributed by atoms with Crippen LogP contribution in [0, 0.1) is 6.92 Å². The van der Waals surface area contributed by atoms with Crippen molar-refractivity contribution in [1.82, 2.24) is 4.90 Å². The van der Waals surface area contributed by atoms with Crippen molar-refractivity contribution >= 4 is 11.6 Å². The van der Waals surface area contributed by atoms with Gasteiger partial charge >= 0.3 is 0 Å². The van der Waals surface area contributed by atoms with E-state index in [0.717, 1.165) is 25.2 Å². The monoisotopic (exact) mass is 247 g/mol. The van der Waals surface area contributed by atoms with Crippen molar-refractivity contribution < 1.29 is 4.79 Å². The number of likely N-dealkylation sites (N-methyl/N-ethyl adjacent to an activating group) is 1. The third-order valence-corrected chi connectivity index (χ3v) is 3.55. The molecule has 4 heteroatoms. The predicted molar refractivity (Wildman–Crippen MR) is 73.6 cm³/mol. The van der Waals surface area contributed by atoms with Gasteiger partial charge in [-0.3, -0.25) is 9.69 Å². The SMILES string of the molecule is Cc1ccc(N2CCN(C)C(CCN)C2=O)cc1. The number of carbonyl (C=O) groups is 1. The lowest BCUT2D eigenvalue weighted by molar-refractivity contribution is -0.125. The van der Waals surface area contributed by atoms with Gasteiger partial charge in [-0.25, -0.2) is 0 Å². The smallest absolute Gasteiger partial charge is 0.244 e. The molecule has 1 atom stereocenters. The van der Waals surface area contributed by atoms with Crippen LogP contribution in [0.25, 0.3) is 0 Å². The molecule has 2 N–H and O–H groups in total. The largest absolute Gasteiger partial charge is 0.330 e. The van der Waals surface area contributed by atoms with E-state index in [0.29, 0.717) is 6.54 Å². The summed E-state index contributed by atoms with van der Waals surface area (Å²) in [5.74, 6) is 0.165. The van der Waals surface area contributed by atoms with E-state index in [4.69, 9.17) is 5.73 Å². The summed E-state index contributed by atoms with van der Waals surface area (Å²) in [6.45, 7) is 4.24. The van der Waals surface area contributed by atoms with Gasteiger partial charge in [-0.15, -0.1) is 0 Å². The van der Waals surface area contributed by atoms with E-state index >= 15 is 0 Å². The molecule has 1 amide bonds. The molecule has 4 nitrogen and oxygen atoms in total. The van der Waals surface area contributed by atoms with E-state index in [1.165, 1.54) is 5.56 Å². The normalized spacial score (nSPS) is 21.4. The maximum absolute atomic E-state index is 12.4. The summed E-state index contributed by atoms with van der Waals surface area (Å²) in [5, 5.41) is 0. The summed E-state index contributed by atoms with van der Waals surface area (Å²) in [4.78, 5) is 16.4. The second kappa shape index (κ2) is 5.50. The highest BCUT2D eigenvalue weighted by molar-refractivity contribution is 5.97. The molecule has 0 bridgehead atoms. The van der Waals surface area contributed by atoms with Crippen molar-refractivity contribution in [2.24, 2.45) is 5.73 Å². The van der Waals surface area contributed by atoms with Gasteiger partial charge < -0.3 is 10.6 Å². The Bertz CT molecular complexity index is 416. The number of benzene rings is 1. The average Bonchev–Trinajstić information content (AvgIpc) is 2.36. The second-order valence-corrected chi connectivity index (χ2v) is 4.90. The molecule has 1 saturated heterocycles. The Kier molecular flexibility index (Phi) is 3.99. The number of hydrogen-bond acceptors (Lipinski definition) is 3. The third-order valence-electron chi connectivity index (χ3n) is 3.55. The molecule has 0 spiro atoms. The fourth-order valence-corrected chi connectivity index (χ4v) is 2.37. The number of piperazine rings is 1. The van der Waals surface area contributed by atoms with Crippen molar-refractivity contribution in [3.8, 4) is 0 Å². The van der Waals surface area contributed by atoms with Gasteiger partial charge in [0.25, 0.3) is 0 Å². The Labute approximate surface area is 108 Å². The van der Waals surface area contributed by atoms with Gasteiger partial charge in [-0.2, -0.15) is 0 Å². The first-order chi connectivity index (χ1) is 8.63. The highest BCUT2D eigenvalue weighted by Crippen LogP contribution is 2.21. The Balaban J connectivity index is 2.18. The van der Waals surface area contributed by atoms with Crippen LogP contribution in [-0.2, 0) is 4.79 Å². The van der Waals surface area contributed by atoms with E-state index < -0.39 is 0 Å². The lowest BCUT2D eigenvalue weighted by atomic mass is 10.1. The van der Waals surface area contributed by atoms with Crippen molar-refractivity contribution in [3.63, 3.8) is 0 Å². The molecule has 1 aliphatic rings. The number of anilines is 1. The zero-order valence-electron chi connectivity index (χ0n) is 11.1. The number of nitrogens with zero attached hydrogens (tertiary/aromatic N) is 2. The van der Waals surface area contributed by atoms with Crippen molar-refractivity contribution in [2.75, 3.05) is 31.6 Å². The van der Waals surface area contributed by atoms with Gasteiger partial charge in [0.05, 0.1) is 6.04 Å². The number of aryl methyl sites for hydroxylation is 1. The minimum atomic E-state index is -0.0787. The maximum Gasteiger partial charge on any atom is 0.244 e. The molecule has 18 heavy (non-hydrogen) atoms. The van der Waals surface area contributed by atoms with Crippen LogP contribution in [0.2, 0.25) is 0 Å². The zero-order valence-corrected chi connectivity index (χ0v) is 11.1. The van der Waals surface area contributed by atoms with Crippen LogP contribution in [0.15, 0.2) is 24.3 Å². The van der Waals surface area contributed by atoms with Crippen molar-refractivity contribution in [2.45, 2.75) is 19.4 Å². The molecule has 1 heterocycles. The van der Waals surface area contributed by atoms with E-state index in [-0.39, 0.29) is 11.9 Å². The molecular formula is C14H21N3O. The summed E-state index contributed by atoms with van der Waals surface area (Å²) in [6, 6.07) is 8.03. The Hall–Kier alpha value is -1.39. The molecule has 1 fully saturated rings. The third kappa shape index (κ3) is 2.54. The lowest BCUT2D eigenvalue weighted by Gasteiger charge is -2.38. The maximum atomic E-state index is 12.4. The highest BCUT2D eigenvalue weighted by Gasteiger charge is 2.32. The molecule has 2 rings (SSSR count). The van der Waals surface area contributed by atoms with Crippen LogP contribution in [0.5, 0.6) is 0 Å². The molecule has 0 aliphatic carbocycles. The molecule has 0 radical (unpaired) electrons. The minimum Gasteiger partial charge on any atom is -0.330 e. The van der Waals surface area contributed by atoms with Crippen molar-refractivity contribution in [1.29, 1.82) is 0 Å². The number of nitrogens with two attached hydrogens (primary N) is 1. The second-order valence-electron chi connectivity index (χ2n) is 4.90. The number of carbonyl (C=O) groups excluding carboxylic acids is 1. The van der Waals surface area contributed by atoms with Gasteiger partial charge in [-0.05, 0) is 39.1 Å². The topological polar surface area (TPSA) is 49.6 Å². The van der Waals surface area contributed by atoms with Crippen LogP contribution >= 0.6 is 0 Å². The fourth-order valence-electron chi connectivity index (χ4n) is 2.37. The van der Waals surface area contributed by atoms with Gasteiger partial charge in [0.1, 0.15) is 0 Å². The van der Waals surface area contributed by atoms with Gasteiger partial charge in [-0.1, -0.05) is 17.7 Å². The quantitative estimate of drug-likeness (QED) is 0.866. The van der Waals surface area contributed by atoms with Gasteiger partial charge in [0, 0.05) is 18.8 Å². The summed E-state index contributed by atoms with van der Waals surface area (Å²) < 4.78 is 0. The Morgan fingerprint density at radius 2 is 1.94 bits per heavy atom. The molecule has 1 aromatic carbocycles. The molecule has 98 valence electrons. The first-order valence-corrected chi connectivity index (χ1v) is 6.42. The van der Waals surface area contributed by atoms with Crippen molar-refractivity contribution in [3.05, 3.63) is 29.8 Å². The predicted octanol–water partition coefficient (Wildman–Crippen LogP) is 0.991. The fraction of sp³-hybridized carbons (Fsp3) is 0.500. The summed E-state index contributed by atoms with van der Waals surface area (Å²) in [7, 11) is 1.99. The van der Waals surface area contributed by atoms with Gasteiger partial charge in [0.2, 0.25) is 5.91 Å². The van der Waals surface area contributed by atoms with E-state index in [1.807, 2.05) is 43.1 Å². The molecule has 0 saturated carbocycles. The molecule has 1 unspecified atom stereocenters. The van der Waals surface area contributed by atoms with Crippen LogP contribution in [0.3, 0.4) is 0 Å². The Morgan fingerprint density at radius 1 is 1.28 bits per heavy atom. The van der Waals surface area contributed by atoms with Gasteiger partial charge in [0.15, 0.2) is 0 Å². The zero-order chi connectivity index (χ0) is 13.1. The van der Waals surface area contributed by atoms with E-state index in [2.05, 4.69) is 4.90 Å². The standard InChI is InChI=1S/C14H21N3O/c1-11-3-5-12(6-4-11)17-10-9-16(2)13(7-8-15)14(17)18/h3-6,13H,7-10,15H2,1-2H3. The minimum absolute atomic E-state index is 0.0787. The summed E-state index contributed by atoms with van der Waals surface area (Å²) in [6.07, 6.45) is 0.720. The number of rotatable bonds is 3. The van der Waals surface area contributed by atoms with Crippen LogP contribution < -0.4 is 10.6 Å². The van der Waals surface area contributed by atoms with E-state index in [1.54, 1.807) is 0 Å². The van der Waals surface area contributed by atoms with E-state index in [9.17, 15) is 4.79 Å². The molecule has 0 aromatic heterocycles. The molecular weight excluding hydrogens is 226 g/mol. The molecule has 1 aliphatic heterocycles. The first kappa shape index (κ1) is 13.1. The summed E-state index contributed by atoms with van der Waals surface area (Å²) >= 11 is 0. The van der Waals surface area contributed by atoms with Crippen LogP contribution in [0.4, 0.5) is 5.69 Å². The lowest BCUT2D eigenvalue weighted by Crippen LogP contribution is -2.56. The number of hydrogen-bond donors (Lipinski definition) is 1. The average molecular weight is 247 g/mol. The molecule has 1 aromatic rings. The first-order valence-electron chi connectivity index (χ1n) is 6.42. The Morgan fingerprint density at radius 3 is 2.56 bits per heavy atom. The summed E-state index contributed by atoms with van der Waals surface area (Å²) in [5.41, 5.74) is 7.78.